The molecule has 0 bridgehead atoms. The second-order valence-corrected chi connectivity index (χ2v) is 3.74. The summed E-state index contributed by atoms with van der Waals surface area (Å²) in [5.74, 6) is 0. The summed E-state index contributed by atoms with van der Waals surface area (Å²) in [7, 11) is 0. The van der Waals surface area contributed by atoms with Crippen molar-refractivity contribution in [3.05, 3.63) is 33.8 Å². The molecule has 1 aromatic rings. The van der Waals surface area contributed by atoms with Gasteiger partial charge in [0, 0.05) is 4.47 Å². The van der Waals surface area contributed by atoms with Crippen molar-refractivity contribution in [1.29, 1.82) is 0 Å². The van der Waals surface area contributed by atoms with Crippen molar-refractivity contribution in [1.82, 2.24) is 0 Å². The molecular weight excluding hydrogens is 216 g/mol. The number of benzene rings is 1. The van der Waals surface area contributed by atoms with Gasteiger partial charge in [-0.05, 0) is 30.5 Å². The van der Waals surface area contributed by atoms with Gasteiger partial charge in [-0.25, -0.2) is 0 Å². The summed E-state index contributed by atoms with van der Waals surface area (Å²) in [6, 6.07) is 6.09. The highest BCUT2D eigenvalue weighted by Gasteiger charge is 2.05. The Labute approximate surface area is 81.6 Å². The van der Waals surface area contributed by atoms with Gasteiger partial charge in [-0.15, -0.1) is 0 Å². The van der Waals surface area contributed by atoms with Gasteiger partial charge in [0.2, 0.25) is 0 Å². The van der Waals surface area contributed by atoms with Crippen molar-refractivity contribution >= 4 is 15.9 Å². The predicted octanol–water partition coefficient (Wildman–Crippen LogP) is 3.06. The lowest BCUT2D eigenvalue weighted by molar-refractivity contribution is 0.198. The van der Waals surface area contributed by atoms with Crippen molar-refractivity contribution in [3.63, 3.8) is 0 Å². The van der Waals surface area contributed by atoms with E-state index in [1.807, 2.05) is 12.1 Å². The first kappa shape index (κ1) is 9.75. The maximum Gasteiger partial charge on any atom is 0.0772 e. The average molecular weight is 229 g/mol. The standard InChI is InChI=1S/C10H13BrO/c1-3-8-4-5-10(11)9(6-8)7(2)12/h4-7,12H,3H2,1-2H3. The molecule has 1 nitrogen and oxygen atoms in total. The molecule has 0 aromatic heterocycles. The van der Waals surface area contributed by atoms with Crippen LogP contribution in [0.1, 0.15) is 31.1 Å². The summed E-state index contributed by atoms with van der Waals surface area (Å²) in [6.07, 6.45) is 0.610. The van der Waals surface area contributed by atoms with E-state index in [0.717, 1.165) is 16.5 Å². The van der Waals surface area contributed by atoms with Crippen LogP contribution >= 0.6 is 15.9 Å². The first-order valence-electron chi connectivity index (χ1n) is 4.11. The molecular formula is C10H13BrO. The van der Waals surface area contributed by atoms with Crippen LogP contribution in [0.3, 0.4) is 0 Å². The molecule has 0 radical (unpaired) electrons. The Bertz CT molecular complexity index is 269. The first-order chi connectivity index (χ1) is 5.65. The number of aliphatic hydroxyl groups excluding tert-OH is 1. The van der Waals surface area contributed by atoms with Crippen LogP contribution in [0, 0.1) is 0 Å². The number of hydrogen-bond acceptors (Lipinski definition) is 1. The van der Waals surface area contributed by atoms with E-state index in [0.29, 0.717) is 0 Å². The highest BCUT2D eigenvalue weighted by atomic mass is 79.9. The van der Waals surface area contributed by atoms with Crippen LogP contribution in [0.4, 0.5) is 0 Å². The summed E-state index contributed by atoms with van der Waals surface area (Å²) in [4.78, 5) is 0. The smallest absolute Gasteiger partial charge is 0.0772 e. The van der Waals surface area contributed by atoms with Crippen molar-refractivity contribution in [3.8, 4) is 0 Å². The molecule has 0 saturated carbocycles. The molecule has 66 valence electrons. The Morgan fingerprint density at radius 3 is 2.67 bits per heavy atom. The van der Waals surface area contributed by atoms with Gasteiger partial charge in [-0.1, -0.05) is 35.0 Å². The van der Waals surface area contributed by atoms with E-state index >= 15 is 0 Å². The maximum atomic E-state index is 9.39. The largest absolute Gasteiger partial charge is 0.389 e. The van der Waals surface area contributed by atoms with Gasteiger partial charge in [0.25, 0.3) is 0 Å². The molecule has 0 saturated heterocycles. The monoisotopic (exact) mass is 228 g/mol. The Hall–Kier alpha value is -0.340. The van der Waals surface area contributed by atoms with Gasteiger partial charge in [-0.3, -0.25) is 0 Å². The summed E-state index contributed by atoms with van der Waals surface area (Å²) in [6.45, 7) is 3.88. The average Bonchev–Trinajstić information content (AvgIpc) is 2.05. The summed E-state index contributed by atoms with van der Waals surface area (Å²) in [5.41, 5.74) is 2.23. The van der Waals surface area contributed by atoms with Crippen LogP contribution < -0.4 is 0 Å². The molecule has 1 rings (SSSR count). The van der Waals surface area contributed by atoms with Crippen LogP contribution in [-0.2, 0) is 6.42 Å². The van der Waals surface area contributed by atoms with E-state index in [1.165, 1.54) is 5.56 Å². The second-order valence-electron chi connectivity index (χ2n) is 2.89. The topological polar surface area (TPSA) is 20.2 Å². The molecule has 0 fully saturated rings. The summed E-state index contributed by atoms with van der Waals surface area (Å²) < 4.78 is 0.981. The van der Waals surface area contributed by atoms with Gasteiger partial charge >= 0.3 is 0 Å². The lowest BCUT2D eigenvalue weighted by Gasteiger charge is -2.08. The van der Waals surface area contributed by atoms with Gasteiger partial charge in [-0.2, -0.15) is 0 Å². The maximum absolute atomic E-state index is 9.39. The Balaban J connectivity index is 3.08. The van der Waals surface area contributed by atoms with Gasteiger partial charge in [0.15, 0.2) is 0 Å². The molecule has 0 heterocycles. The third-order valence-electron chi connectivity index (χ3n) is 1.92. The van der Waals surface area contributed by atoms with Crippen molar-refractivity contribution in [2.24, 2.45) is 0 Å². The van der Waals surface area contributed by atoms with E-state index in [9.17, 15) is 5.11 Å². The van der Waals surface area contributed by atoms with Gasteiger partial charge < -0.3 is 5.11 Å². The van der Waals surface area contributed by atoms with E-state index in [1.54, 1.807) is 6.92 Å². The minimum Gasteiger partial charge on any atom is -0.389 e. The summed E-state index contributed by atoms with van der Waals surface area (Å²) in [5, 5.41) is 9.39. The predicted molar refractivity (Wildman–Crippen MR) is 54.2 cm³/mol. The molecule has 1 unspecified atom stereocenters. The fourth-order valence-electron chi connectivity index (χ4n) is 1.13. The van der Waals surface area contributed by atoms with Gasteiger partial charge in [0.05, 0.1) is 6.10 Å². The third-order valence-corrected chi connectivity index (χ3v) is 2.64. The van der Waals surface area contributed by atoms with Crippen LogP contribution in [0.15, 0.2) is 22.7 Å². The molecule has 0 aliphatic heterocycles. The molecule has 1 atom stereocenters. The van der Waals surface area contributed by atoms with E-state index in [4.69, 9.17) is 0 Å². The normalized spacial score (nSPS) is 13.0. The number of aliphatic hydroxyl groups is 1. The second kappa shape index (κ2) is 4.06. The van der Waals surface area contributed by atoms with Crippen LogP contribution in [0.5, 0.6) is 0 Å². The zero-order valence-electron chi connectivity index (χ0n) is 7.34. The molecule has 0 amide bonds. The van der Waals surface area contributed by atoms with Crippen LogP contribution in [0.2, 0.25) is 0 Å². The van der Waals surface area contributed by atoms with Crippen LogP contribution in [0.25, 0.3) is 0 Å². The number of hydrogen-bond donors (Lipinski definition) is 1. The minimum atomic E-state index is -0.397. The Morgan fingerprint density at radius 2 is 2.17 bits per heavy atom. The Morgan fingerprint density at radius 1 is 1.50 bits per heavy atom. The molecule has 0 aliphatic rings. The zero-order chi connectivity index (χ0) is 9.14. The molecule has 2 heteroatoms. The van der Waals surface area contributed by atoms with E-state index < -0.39 is 6.10 Å². The number of rotatable bonds is 2. The minimum absolute atomic E-state index is 0.397. The number of halogens is 1. The Kier molecular flexibility index (Phi) is 3.29. The van der Waals surface area contributed by atoms with Crippen molar-refractivity contribution < 1.29 is 5.11 Å². The summed E-state index contributed by atoms with van der Waals surface area (Å²) >= 11 is 3.40. The van der Waals surface area contributed by atoms with Crippen LogP contribution in [-0.4, -0.2) is 5.11 Å². The van der Waals surface area contributed by atoms with Gasteiger partial charge in [0.1, 0.15) is 0 Å². The SMILES string of the molecule is CCc1ccc(Br)c(C(C)O)c1. The molecule has 0 spiro atoms. The van der Waals surface area contributed by atoms with E-state index in [2.05, 4.69) is 28.9 Å². The highest BCUT2D eigenvalue weighted by molar-refractivity contribution is 9.10. The quantitative estimate of drug-likeness (QED) is 0.826. The molecule has 12 heavy (non-hydrogen) atoms. The first-order valence-corrected chi connectivity index (χ1v) is 4.90. The third kappa shape index (κ3) is 2.08. The van der Waals surface area contributed by atoms with E-state index in [-0.39, 0.29) is 0 Å². The zero-order valence-corrected chi connectivity index (χ0v) is 8.93. The lowest BCUT2D eigenvalue weighted by atomic mass is 10.1. The molecule has 1 N–H and O–H groups in total. The fraction of sp³-hybridized carbons (Fsp3) is 0.400. The molecule has 1 aromatic carbocycles. The lowest BCUT2D eigenvalue weighted by Crippen LogP contribution is -1.94. The highest BCUT2D eigenvalue weighted by Crippen LogP contribution is 2.24. The number of aryl methyl sites for hydroxylation is 1. The fourth-order valence-corrected chi connectivity index (χ4v) is 1.71. The van der Waals surface area contributed by atoms with Crippen molar-refractivity contribution in [2.75, 3.05) is 0 Å². The van der Waals surface area contributed by atoms with Crippen molar-refractivity contribution in [2.45, 2.75) is 26.4 Å². The molecule has 0 aliphatic carbocycles.